The fourth-order valence-corrected chi connectivity index (χ4v) is 2.32. The highest BCUT2D eigenvalue weighted by molar-refractivity contribution is 6.33. The predicted molar refractivity (Wildman–Crippen MR) is 85.7 cm³/mol. The van der Waals surface area contributed by atoms with Gasteiger partial charge in [-0.15, -0.1) is 0 Å². The van der Waals surface area contributed by atoms with E-state index in [2.05, 4.69) is 30.8 Å². The first kappa shape index (κ1) is 17.2. The number of rotatable bonds is 9. The predicted octanol–water partition coefficient (Wildman–Crippen LogP) is 3.19. The molecule has 0 fully saturated rings. The summed E-state index contributed by atoms with van der Waals surface area (Å²) in [5, 5.41) is 0.549. The van der Waals surface area contributed by atoms with Gasteiger partial charge in [0.1, 0.15) is 0 Å². The van der Waals surface area contributed by atoms with Crippen LogP contribution in [0.25, 0.3) is 0 Å². The summed E-state index contributed by atoms with van der Waals surface area (Å²) in [7, 11) is 4.14. The first-order valence-electron chi connectivity index (χ1n) is 7.19. The summed E-state index contributed by atoms with van der Waals surface area (Å²) in [6.45, 7) is 6.00. The van der Waals surface area contributed by atoms with Crippen molar-refractivity contribution >= 4 is 17.4 Å². The van der Waals surface area contributed by atoms with E-state index in [9.17, 15) is 4.79 Å². The molecular weight excluding hydrogens is 272 g/mol. The van der Waals surface area contributed by atoms with E-state index in [0.717, 1.165) is 32.6 Å². The summed E-state index contributed by atoms with van der Waals surface area (Å²) in [5.41, 5.74) is 0.637. The van der Waals surface area contributed by atoms with E-state index in [4.69, 9.17) is 11.6 Å². The van der Waals surface area contributed by atoms with Crippen LogP contribution in [0, 0.1) is 0 Å². The molecule has 112 valence electrons. The van der Waals surface area contributed by atoms with Gasteiger partial charge < -0.3 is 9.80 Å². The van der Waals surface area contributed by atoms with Gasteiger partial charge in [-0.25, -0.2) is 0 Å². The molecule has 20 heavy (non-hydrogen) atoms. The van der Waals surface area contributed by atoms with Gasteiger partial charge in [-0.3, -0.25) is 4.79 Å². The van der Waals surface area contributed by atoms with Crippen LogP contribution >= 0.6 is 11.6 Å². The molecule has 0 heterocycles. The molecule has 1 rings (SSSR count). The fraction of sp³-hybridized carbons (Fsp3) is 0.562. The van der Waals surface area contributed by atoms with E-state index >= 15 is 0 Å². The summed E-state index contributed by atoms with van der Waals surface area (Å²) < 4.78 is 0. The van der Waals surface area contributed by atoms with Gasteiger partial charge in [0, 0.05) is 31.6 Å². The van der Waals surface area contributed by atoms with Crippen molar-refractivity contribution in [2.24, 2.45) is 0 Å². The Labute approximate surface area is 127 Å². The molecule has 0 saturated heterocycles. The molecule has 0 amide bonds. The third-order valence-electron chi connectivity index (χ3n) is 3.23. The van der Waals surface area contributed by atoms with Crippen LogP contribution in [0.1, 0.15) is 30.1 Å². The second kappa shape index (κ2) is 9.11. The van der Waals surface area contributed by atoms with Crippen LogP contribution in [0.5, 0.6) is 0 Å². The third-order valence-corrected chi connectivity index (χ3v) is 3.56. The number of likely N-dealkylation sites (N-methyl/N-ethyl adjacent to an activating group) is 1. The molecule has 0 bridgehead atoms. The van der Waals surface area contributed by atoms with E-state index in [1.54, 1.807) is 12.1 Å². The van der Waals surface area contributed by atoms with Crippen molar-refractivity contribution in [3.8, 4) is 0 Å². The molecule has 0 saturated carbocycles. The lowest BCUT2D eigenvalue weighted by molar-refractivity contribution is 0.0962. The van der Waals surface area contributed by atoms with E-state index in [0.29, 0.717) is 17.0 Å². The number of carbonyl (C=O) groups is 1. The molecule has 1 aromatic carbocycles. The quantitative estimate of drug-likeness (QED) is 0.654. The van der Waals surface area contributed by atoms with Crippen LogP contribution in [0.3, 0.4) is 0 Å². The highest BCUT2D eigenvalue weighted by atomic mass is 35.5. The Bertz CT molecular complexity index is 421. The maximum atomic E-state index is 12.2. The van der Waals surface area contributed by atoms with Crippen LogP contribution in [0.2, 0.25) is 5.02 Å². The Morgan fingerprint density at radius 1 is 1.10 bits per heavy atom. The van der Waals surface area contributed by atoms with Gasteiger partial charge >= 0.3 is 0 Å². The van der Waals surface area contributed by atoms with Gasteiger partial charge in [-0.05, 0) is 39.2 Å². The highest BCUT2D eigenvalue weighted by Crippen LogP contribution is 2.16. The van der Waals surface area contributed by atoms with Crippen LogP contribution in [0.15, 0.2) is 24.3 Å². The number of ketones is 1. The monoisotopic (exact) mass is 296 g/mol. The largest absolute Gasteiger partial charge is 0.308 e. The molecule has 0 N–H and O–H groups in total. The lowest BCUT2D eigenvalue weighted by atomic mass is 10.1. The molecule has 0 aliphatic carbocycles. The molecule has 0 aliphatic rings. The average molecular weight is 297 g/mol. The molecule has 0 radical (unpaired) electrons. The lowest BCUT2D eigenvalue weighted by Crippen LogP contribution is -2.34. The number of hydrogen-bond donors (Lipinski definition) is 0. The average Bonchev–Trinajstić information content (AvgIpc) is 2.42. The van der Waals surface area contributed by atoms with Crippen LogP contribution in [-0.4, -0.2) is 55.9 Å². The van der Waals surface area contributed by atoms with Gasteiger partial charge in [0.2, 0.25) is 0 Å². The third kappa shape index (κ3) is 6.04. The van der Waals surface area contributed by atoms with Crippen molar-refractivity contribution in [1.82, 2.24) is 9.80 Å². The number of carbonyl (C=O) groups excluding carboxylic acids is 1. The molecule has 3 nitrogen and oxygen atoms in total. The second-order valence-corrected chi connectivity index (χ2v) is 5.71. The first-order chi connectivity index (χ1) is 9.54. The number of Topliss-reactive ketones (excluding diaryl/α,β-unsaturated/α-hetero) is 1. The van der Waals surface area contributed by atoms with Gasteiger partial charge in [0.05, 0.1) is 5.02 Å². The van der Waals surface area contributed by atoms with Crippen molar-refractivity contribution in [2.45, 2.75) is 19.8 Å². The van der Waals surface area contributed by atoms with Crippen molar-refractivity contribution < 1.29 is 4.79 Å². The Morgan fingerprint density at radius 3 is 2.40 bits per heavy atom. The molecule has 4 heteroatoms. The molecular formula is C16H25ClN2O. The van der Waals surface area contributed by atoms with Crippen LogP contribution < -0.4 is 0 Å². The first-order valence-corrected chi connectivity index (χ1v) is 7.57. The molecule has 0 aromatic heterocycles. The zero-order chi connectivity index (χ0) is 15.0. The Kier molecular flexibility index (Phi) is 7.82. The molecule has 0 unspecified atom stereocenters. The lowest BCUT2D eigenvalue weighted by Gasteiger charge is -2.23. The number of halogens is 1. The van der Waals surface area contributed by atoms with Crippen molar-refractivity contribution in [2.75, 3.05) is 40.3 Å². The van der Waals surface area contributed by atoms with Crippen LogP contribution in [-0.2, 0) is 0 Å². The summed E-state index contributed by atoms with van der Waals surface area (Å²) in [6, 6.07) is 7.27. The Morgan fingerprint density at radius 2 is 1.80 bits per heavy atom. The summed E-state index contributed by atoms with van der Waals surface area (Å²) in [4.78, 5) is 16.7. The molecule has 0 atom stereocenters. The van der Waals surface area contributed by atoms with Crippen molar-refractivity contribution in [3.63, 3.8) is 0 Å². The summed E-state index contributed by atoms with van der Waals surface area (Å²) in [5.74, 6) is 0.126. The smallest absolute Gasteiger partial charge is 0.165 e. The number of benzene rings is 1. The summed E-state index contributed by atoms with van der Waals surface area (Å²) >= 11 is 6.06. The second-order valence-electron chi connectivity index (χ2n) is 5.30. The topological polar surface area (TPSA) is 23.6 Å². The van der Waals surface area contributed by atoms with Gasteiger partial charge in [0.15, 0.2) is 5.78 Å². The van der Waals surface area contributed by atoms with Gasteiger partial charge in [-0.1, -0.05) is 30.7 Å². The van der Waals surface area contributed by atoms with E-state index in [1.807, 2.05) is 12.1 Å². The summed E-state index contributed by atoms with van der Waals surface area (Å²) in [6.07, 6.45) is 1.63. The highest BCUT2D eigenvalue weighted by Gasteiger charge is 2.12. The van der Waals surface area contributed by atoms with E-state index in [-0.39, 0.29) is 5.78 Å². The minimum absolute atomic E-state index is 0.126. The van der Waals surface area contributed by atoms with Crippen molar-refractivity contribution in [1.29, 1.82) is 0 Å². The molecule has 0 aliphatic heterocycles. The van der Waals surface area contributed by atoms with E-state index < -0.39 is 0 Å². The minimum Gasteiger partial charge on any atom is -0.308 e. The normalized spacial score (nSPS) is 11.3. The SMILES string of the molecule is CCCN(CCC(=O)c1ccccc1Cl)CCN(C)C. The standard InChI is InChI=1S/C16H25ClN2O/c1-4-10-19(13-12-18(2)3)11-9-16(20)14-7-5-6-8-15(14)17/h5-8H,4,9-13H2,1-3H3. The Hall–Kier alpha value is -0.900. The van der Waals surface area contributed by atoms with E-state index in [1.165, 1.54) is 0 Å². The minimum atomic E-state index is 0.126. The fourth-order valence-electron chi connectivity index (χ4n) is 2.07. The zero-order valence-corrected chi connectivity index (χ0v) is 13.5. The Balaban J connectivity index is 2.50. The van der Waals surface area contributed by atoms with Gasteiger partial charge in [0.25, 0.3) is 0 Å². The molecule has 1 aromatic rings. The van der Waals surface area contributed by atoms with Crippen molar-refractivity contribution in [3.05, 3.63) is 34.9 Å². The molecule has 0 spiro atoms. The van der Waals surface area contributed by atoms with Crippen LogP contribution in [0.4, 0.5) is 0 Å². The van der Waals surface area contributed by atoms with Gasteiger partial charge in [-0.2, -0.15) is 0 Å². The zero-order valence-electron chi connectivity index (χ0n) is 12.7. The maximum Gasteiger partial charge on any atom is 0.165 e. The maximum absolute atomic E-state index is 12.2. The number of nitrogens with zero attached hydrogens (tertiary/aromatic N) is 2. The number of hydrogen-bond acceptors (Lipinski definition) is 3.